The van der Waals surface area contributed by atoms with Gasteiger partial charge in [0, 0.05) is 12.2 Å². The first-order valence-corrected chi connectivity index (χ1v) is 8.12. The summed E-state index contributed by atoms with van der Waals surface area (Å²) < 4.78 is 13.0. The third-order valence-electron chi connectivity index (χ3n) is 4.65. The summed E-state index contributed by atoms with van der Waals surface area (Å²) in [7, 11) is 0. The van der Waals surface area contributed by atoms with Crippen molar-refractivity contribution in [2.75, 3.05) is 18.8 Å². The van der Waals surface area contributed by atoms with Crippen molar-refractivity contribution in [2.45, 2.75) is 25.5 Å². The minimum atomic E-state index is -0.509. The lowest BCUT2D eigenvalue weighted by atomic mass is 9.87. The van der Waals surface area contributed by atoms with Gasteiger partial charge >= 0.3 is 0 Å². The molecular weight excluding hydrogens is 327 g/mol. The zero-order valence-corrected chi connectivity index (χ0v) is 14.4. The van der Waals surface area contributed by atoms with E-state index < -0.39 is 6.10 Å². The molecule has 1 atom stereocenters. The number of hydrogen-bond acceptors (Lipinski definition) is 3. The van der Waals surface area contributed by atoms with Crippen molar-refractivity contribution in [2.24, 2.45) is 5.92 Å². The molecule has 0 bridgehead atoms. The summed E-state index contributed by atoms with van der Waals surface area (Å²) in [5, 5.41) is 10.5. The van der Waals surface area contributed by atoms with Crippen LogP contribution < -0.4 is 5.73 Å². The van der Waals surface area contributed by atoms with Gasteiger partial charge in [-0.05, 0) is 67.2 Å². The van der Waals surface area contributed by atoms with E-state index in [-0.39, 0.29) is 24.1 Å². The van der Waals surface area contributed by atoms with Gasteiger partial charge in [0.25, 0.3) is 0 Å². The van der Waals surface area contributed by atoms with Crippen LogP contribution in [0, 0.1) is 11.7 Å². The second-order valence-corrected chi connectivity index (χ2v) is 6.36. The predicted octanol–water partition coefficient (Wildman–Crippen LogP) is 3.78. The minimum Gasteiger partial charge on any atom is -0.399 e. The van der Waals surface area contributed by atoms with Crippen LogP contribution in [0.4, 0.5) is 10.1 Å². The van der Waals surface area contributed by atoms with Crippen molar-refractivity contribution >= 4 is 18.1 Å². The van der Waals surface area contributed by atoms with Crippen molar-refractivity contribution in [1.82, 2.24) is 4.90 Å². The highest BCUT2D eigenvalue weighted by molar-refractivity contribution is 5.85. The Labute approximate surface area is 148 Å². The molecule has 0 aromatic heterocycles. The fraction of sp³-hybridized carbons (Fsp3) is 0.368. The SMILES string of the molecule is Cl.Nc1cccc(CN2CCC(C(O)c3ccc(F)cc3)CC2)c1. The van der Waals surface area contributed by atoms with Crippen molar-refractivity contribution in [3.05, 3.63) is 65.5 Å². The Bertz CT molecular complexity index is 642. The summed E-state index contributed by atoms with van der Waals surface area (Å²) in [5.41, 5.74) is 8.65. The van der Waals surface area contributed by atoms with E-state index in [1.165, 1.54) is 17.7 Å². The maximum absolute atomic E-state index is 13.0. The van der Waals surface area contributed by atoms with E-state index in [2.05, 4.69) is 11.0 Å². The summed E-state index contributed by atoms with van der Waals surface area (Å²) in [5.74, 6) is -0.0320. The summed E-state index contributed by atoms with van der Waals surface area (Å²) in [4.78, 5) is 2.39. The smallest absolute Gasteiger partial charge is 0.123 e. The number of nitrogen functional groups attached to an aromatic ring is 1. The third-order valence-corrected chi connectivity index (χ3v) is 4.65. The van der Waals surface area contributed by atoms with E-state index in [0.29, 0.717) is 0 Å². The molecule has 1 saturated heterocycles. The van der Waals surface area contributed by atoms with Crippen LogP contribution in [0.2, 0.25) is 0 Å². The van der Waals surface area contributed by atoms with Gasteiger partial charge in [-0.3, -0.25) is 4.90 Å². The van der Waals surface area contributed by atoms with Crippen LogP contribution in [0.1, 0.15) is 30.1 Å². The number of piperidine rings is 1. The summed E-state index contributed by atoms with van der Waals surface area (Å²) in [6, 6.07) is 14.2. The van der Waals surface area contributed by atoms with E-state index in [0.717, 1.165) is 43.7 Å². The van der Waals surface area contributed by atoms with Gasteiger partial charge in [0.05, 0.1) is 6.10 Å². The summed E-state index contributed by atoms with van der Waals surface area (Å²) in [6.07, 6.45) is 1.38. The molecule has 0 aliphatic carbocycles. The molecule has 0 spiro atoms. The first kappa shape index (κ1) is 18.7. The van der Waals surface area contributed by atoms with Gasteiger partial charge < -0.3 is 10.8 Å². The number of hydrogen-bond donors (Lipinski definition) is 2. The number of anilines is 1. The lowest BCUT2D eigenvalue weighted by Gasteiger charge is -2.34. The monoisotopic (exact) mass is 350 g/mol. The Morgan fingerprint density at radius 1 is 1.12 bits per heavy atom. The second kappa shape index (κ2) is 8.47. The average Bonchev–Trinajstić information content (AvgIpc) is 2.56. The first-order valence-electron chi connectivity index (χ1n) is 8.12. The van der Waals surface area contributed by atoms with E-state index >= 15 is 0 Å². The van der Waals surface area contributed by atoms with Crippen LogP contribution in [-0.4, -0.2) is 23.1 Å². The number of likely N-dealkylation sites (tertiary alicyclic amines) is 1. The van der Waals surface area contributed by atoms with Gasteiger partial charge in [0.15, 0.2) is 0 Å². The molecule has 130 valence electrons. The third kappa shape index (κ3) is 4.69. The highest BCUT2D eigenvalue weighted by Gasteiger charge is 2.26. The summed E-state index contributed by atoms with van der Waals surface area (Å²) in [6.45, 7) is 2.81. The highest BCUT2D eigenvalue weighted by Crippen LogP contribution is 2.31. The topological polar surface area (TPSA) is 49.5 Å². The van der Waals surface area contributed by atoms with Crippen LogP contribution in [0.5, 0.6) is 0 Å². The van der Waals surface area contributed by atoms with Gasteiger partial charge in [-0.1, -0.05) is 24.3 Å². The van der Waals surface area contributed by atoms with Crippen molar-refractivity contribution in [3.63, 3.8) is 0 Å². The maximum atomic E-state index is 13.0. The van der Waals surface area contributed by atoms with Crippen LogP contribution in [0.15, 0.2) is 48.5 Å². The molecule has 0 saturated carbocycles. The van der Waals surface area contributed by atoms with Gasteiger partial charge in [0.1, 0.15) is 5.82 Å². The van der Waals surface area contributed by atoms with Crippen molar-refractivity contribution < 1.29 is 9.50 Å². The molecule has 5 heteroatoms. The minimum absolute atomic E-state index is 0. The zero-order valence-electron chi connectivity index (χ0n) is 13.6. The number of halogens is 2. The Balaban J connectivity index is 0.00000208. The van der Waals surface area contributed by atoms with Gasteiger partial charge in [-0.2, -0.15) is 0 Å². The molecule has 1 heterocycles. The molecule has 1 aliphatic rings. The number of rotatable bonds is 4. The zero-order chi connectivity index (χ0) is 16.2. The molecule has 0 amide bonds. The maximum Gasteiger partial charge on any atom is 0.123 e. The molecular formula is C19H24ClFN2O. The summed E-state index contributed by atoms with van der Waals surface area (Å²) >= 11 is 0. The number of nitrogens with zero attached hydrogens (tertiary/aromatic N) is 1. The van der Waals surface area contributed by atoms with E-state index in [1.54, 1.807) is 12.1 Å². The van der Waals surface area contributed by atoms with Gasteiger partial charge in [-0.25, -0.2) is 4.39 Å². The largest absolute Gasteiger partial charge is 0.399 e. The van der Waals surface area contributed by atoms with Gasteiger partial charge in [-0.15, -0.1) is 12.4 Å². The van der Waals surface area contributed by atoms with Gasteiger partial charge in [0.2, 0.25) is 0 Å². The van der Waals surface area contributed by atoms with Crippen LogP contribution >= 0.6 is 12.4 Å². The Morgan fingerprint density at radius 3 is 2.42 bits per heavy atom. The molecule has 2 aromatic carbocycles. The standard InChI is InChI=1S/C19H23FN2O.ClH/c20-17-6-4-15(5-7-17)19(23)16-8-10-22(11-9-16)13-14-2-1-3-18(21)12-14;/h1-7,12,16,19,23H,8-11,13,21H2;1H. The average molecular weight is 351 g/mol. The molecule has 3 rings (SSSR count). The Kier molecular flexibility index (Phi) is 6.60. The molecule has 3 N–H and O–H groups in total. The lowest BCUT2D eigenvalue weighted by molar-refractivity contribution is 0.0567. The number of benzene rings is 2. The predicted molar refractivity (Wildman–Crippen MR) is 97.5 cm³/mol. The van der Waals surface area contributed by atoms with E-state index in [4.69, 9.17) is 5.73 Å². The Morgan fingerprint density at radius 2 is 1.79 bits per heavy atom. The molecule has 1 aliphatic heterocycles. The molecule has 0 radical (unpaired) electrons. The second-order valence-electron chi connectivity index (χ2n) is 6.36. The van der Waals surface area contributed by atoms with Crippen LogP contribution in [-0.2, 0) is 6.54 Å². The molecule has 3 nitrogen and oxygen atoms in total. The normalized spacial score (nSPS) is 17.2. The molecule has 24 heavy (non-hydrogen) atoms. The molecule has 1 fully saturated rings. The fourth-order valence-electron chi connectivity index (χ4n) is 3.31. The van der Waals surface area contributed by atoms with Crippen molar-refractivity contribution in [1.29, 1.82) is 0 Å². The first-order chi connectivity index (χ1) is 11.1. The Hall–Kier alpha value is -1.62. The number of nitrogens with two attached hydrogens (primary N) is 1. The van der Waals surface area contributed by atoms with Crippen LogP contribution in [0.3, 0.4) is 0 Å². The van der Waals surface area contributed by atoms with Crippen LogP contribution in [0.25, 0.3) is 0 Å². The number of aliphatic hydroxyl groups is 1. The number of aliphatic hydroxyl groups excluding tert-OH is 1. The quantitative estimate of drug-likeness (QED) is 0.825. The van der Waals surface area contributed by atoms with Crippen molar-refractivity contribution in [3.8, 4) is 0 Å². The lowest BCUT2D eigenvalue weighted by Crippen LogP contribution is -2.35. The molecule has 1 unspecified atom stereocenters. The van der Waals surface area contributed by atoms with E-state index in [1.807, 2.05) is 18.2 Å². The highest BCUT2D eigenvalue weighted by atomic mass is 35.5. The fourth-order valence-corrected chi connectivity index (χ4v) is 3.31. The van der Waals surface area contributed by atoms with E-state index in [9.17, 15) is 9.50 Å². The molecule has 2 aromatic rings.